The first-order chi connectivity index (χ1) is 19.1. The van der Waals surface area contributed by atoms with Crippen LogP contribution in [0.25, 0.3) is 11.2 Å². The average Bonchev–Trinajstić information content (AvgIpc) is 3.30. The predicted octanol–water partition coefficient (Wildman–Crippen LogP) is 5.71. The molecule has 0 saturated heterocycles. The lowest BCUT2D eigenvalue weighted by Gasteiger charge is -2.23. The van der Waals surface area contributed by atoms with Gasteiger partial charge in [-0.1, -0.05) is 11.8 Å². The maximum absolute atomic E-state index is 13.6. The molecule has 3 rings (SSSR count). The number of fused-ring (bicyclic) bond motifs is 1. The number of hydrogen-bond donors (Lipinski definition) is 1. The Morgan fingerprint density at radius 2 is 1.49 bits per heavy atom. The number of carbonyl (C=O) groups excluding carboxylic acids is 2. The Kier molecular flexibility index (Phi) is 10.9. The number of thioether (sulfide) groups is 1. The number of imidazole rings is 1. The van der Waals surface area contributed by atoms with Crippen LogP contribution in [0.3, 0.4) is 0 Å². The summed E-state index contributed by atoms with van der Waals surface area (Å²) in [7, 11) is -3.37. The molecule has 14 heteroatoms. The first-order valence-corrected chi connectivity index (χ1v) is 17.2. The number of nitrogens with zero attached hydrogens (tertiary/aromatic N) is 4. The molecule has 0 aliphatic heterocycles. The summed E-state index contributed by atoms with van der Waals surface area (Å²) in [4.78, 5) is 40.0. The van der Waals surface area contributed by atoms with Gasteiger partial charge in [0.1, 0.15) is 29.6 Å². The monoisotopic (exact) mass is 623 g/mol. The Labute approximate surface area is 249 Å². The molecule has 0 aliphatic carbocycles. The molecule has 1 aromatic carbocycles. The van der Waals surface area contributed by atoms with Crippen molar-refractivity contribution in [2.75, 3.05) is 37.6 Å². The van der Waals surface area contributed by atoms with Gasteiger partial charge in [0.25, 0.3) is 0 Å². The molecule has 0 aliphatic rings. The van der Waals surface area contributed by atoms with E-state index in [0.717, 1.165) is 9.79 Å². The molecule has 2 heterocycles. The highest BCUT2D eigenvalue weighted by Crippen LogP contribution is 2.46. The summed E-state index contributed by atoms with van der Waals surface area (Å²) in [5.41, 5.74) is 5.62. The van der Waals surface area contributed by atoms with Crippen molar-refractivity contribution in [3.8, 4) is 0 Å². The Morgan fingerprint density at radius 1 is 0.927 bits per heavy atom. The third-order valence-corrected chi connectivity index (χ3v) is 9.19. The lowest BCUT2D eigenvalue weighted by Crippen LogP contribution is -2.26. The number of rotatable bonds is 12. The Bertz CT molecular complexity index is 1380. The second-order valence-electron chi connectivity index (χ2n) is 11.5. The van der Waals surface area contributed by atoms with Gasteiger partial charge in [0.05, 0.1) is 23.8 Å². The van der Waals surface area contributed by atoms with Crippen LogP contribution < -0.4 is 5.73 Å². The molecular weight excluding hydrogens is 585 g/mol. The van der Waals surface area contributed by atoms with Gasteiger partial charge in [-0.15, -0.1) is 11.8 Å². The molecule has 0 atom stereocenters. The molecule has 0 saturated carbocycles. The van der Waals surface area contributed by atoms with E-state index in [1.807, 2.05) is 30.5 Å². The number of esters is 2. The topological polar surface area (TPSA) is 149 Å². The van der Waals surface area contributed by atoms with E-state index in [4.69, 9.17) is 19.9 Å². The highest BCUT2D eigenvalue weighted by atomic mass is 32.2. The summed E-state index contributed by atoms with van der Waals surface area (Å²) in [5, 5.41) is 0.634. The van der Waals surface area contributed by atoms with E-state index in [2.05, 4.69) is 15.0 Å². The van der Waals surface area contributed by atoms with Gasteiger partial charge in [-0.05, 0) is 72.1 Å². The van der Waals surface area contributed by atoms with E-state index in [1.165, 1.54) is 11.8 Å². The third kappa shape index (κ3) is 9.46. The van der Waals surface area contributed by atoms with E-state index in [-0.39, 0.29) is 18.9 Å². The predicted molar refractivity (Wildman–Crippen MR) is 161 cm³/mol. The fourth-order valence-electron chi connectivity index (χ4n) is 3.22. The zero-order chi connectivity index (χ0) is 30.4. The molecular formula is C27H38N5O6PS2. The van der Waals surface area contributed by atoms with Crippen molar-refractivity contribution in [3.05, 3.63) is 30.6 Å². The summed E-state index contributed by atoms with van der Waals surface area (Å²) in [5.74, 6) is -0.888. The van der Waals surface area contributed by atoms with Crippen LogP contribution in [0.5, 0.6) is 0 Å². The van der Waals surface area contributed by atoms with E-state index in [0.29, 0.717) is 22.7 Å². The minimum Gasteiger partial charge on any atom is -0.457 e. The average molecular weight is 624 g/mol. The number of anilines is 1. The van der Waals surface area contributed by atoms with Gasteiger partial charge in [0, 0.05) is 16.3 Å². The fourth-order valence-corrected chi connectivity index (χ4v) is 5.89. The van der Waals surface area contributed by atoms with Crippen LogP contribution in [0.1, 0.15) is 41.5 Å². The molecule has 2 aromatic heterocycles. The van der Waals surface area contributed by atoms with E-state index < -0.39 is 42.6 Å². The van der Waals surface area contributed by atoms with Crippen molar-refractivity contribution in [2.45, 2.75) is 62.9 Å². The highest BCUT2D eigenvalue weighted by Gasteiger charge is 2.32. The molecule has 2 N–H and O–H groups in total. The van der Waals surface area contributed by atoms with Crippen LogP contribution in [0, 0.1) is 10.8 Å². The van der Waals surface area contributed by atoms with Crippen LogP contribution in [-0.2, 0) is 34.9 Å². The standard InChI is InChI=1S/C27H38N5O6PS2/c1-26(2,3)23(33)37-16-39(35,17-38-24(34)27(4,5)6)15-36-13-12-32-14-29-20-21(32)30-25(28)31-22(20)41-19-10-8-18(40-7)9-11-19/h8-11,14H,12-13,15-17H2,1-7H3,(H2,28,30,31). The molecule has 0 bridgehead atoms. The van der Waals surface area contributed by atoms with Crippen molar-refractivity contribution in [2.24, 2.45) is 10.8 Å². The first kappa shape index (κ1) is 32.9. The van der Waals surface area contributed by atoms with Crippen molar-refractivity contribution in [3.63, 3.8) is 0 Å². The Morgan fingerprint density at radius 3 is 2.02 bits per heavy atom. The number of benzene rings is 1. The first-order valence-electron chi connectivity index (χ1n) is 12.9. The fraction of sp³-hybridized carbons (Fsp3) is 0.519. The van der Waals surface area contributed by atoms with Crippen LogP contribution >= 0.6 is 30.7 Å². The lowest BCUT2D eigenvalue weighted by atomic mass is 9.98. The van der Waals surface area contributed by atoms with Gasteiger partial charge < -0.3 is 29.1 Å². The molecule has 0 spiro atoms. The van der Waals surface area contributed by atoms with Crippen molar-refractivity contribution >= 4 is 59.7 Å². The van der Waals surface area contributed by atoms with Crippen LogP contribution in [-0.4, -0.2) is 63.4 Å². The highest BCUT2D eigenvalue weighted by molar-refractivity contribution is 7.99. The summed E-state index contributed by atoms with van der Waals surface area (Å²) in [6.07, 6.45) is 2.63. The maximum atomic E-state index is 13.6. The summed E-state index contributed by atoms with van der Waals surface area (Å²) < 4.78 is 31.8. The van der Waals surface area contributed by atoms with E-state index in [1.54, 1.807) is 64.2 Å². The number of nitrogens with two attached hydrogens (primary N) is 1. The summed E-state index contributed by atoms with van der Waals surface area (Å²) in [6, 6.07) is 8.11. The SMILES string of the molecule is CSc1ccc(Sc2nc(N)nc3c2ncn3CCOCP(=O)(COC(=O)C(C)(C)C)COC(=O)C(C)(C)C)cc1. The molecule has 0 amide bonds. The van der Waals surface area contributed by atoms with Crippen molar-refractivity contribution in [1.29, 1.82) is 0 Å². The van der Waals surface area contributed by atoms with Gasteiger partial charge in [0.15, 0.2) is 12.8 Å². The van der Waals surface area contributed by atoms with E-state index in [9.17, 15) is 14.2 Å². The van der Waals surface area contributed by atoms with Crippen molar-refractivity contribution in [1.82, 2.24) is 19.5 Å². The van der Waals surface area contributed by atoms with Gasteiger partial charge in [-0.25, -0.2) is 9.97 Å². The number of nitrogen functional groups attached to an aromatic ring is 1. The lowest BCUT2D eigenvalue weighted by molar-refractivity contribution is -0.151. The van der Waals surface area contributed by atoms with Gasteiger partial charge in [0.2, 0.25) is 5.95 Å². The number of hydrogen-bond acceptors (Lipinski definition) is 12. The van der Waals surface area contributed by atoms with Gasteiger partial charge in [-0.2, -0.15) is 4.98 Å². The third-order valence-electron chi connectivity index (χ3n) is 5.61. The molecule has 41 heavy (non-hydrogen) atoms. The van der Waals surface area contributed by atoms with E-state index >= 15 is 0 Å². The maximum Gasteiger partial charge on any atom is 0.311 e. The van der Waals surface area contributed by atoms with Crippen molar-refractivity contribution < 1.29 is 28.4 Å². The quantitative estimate of drug-likeness (QED) is 0.0865. The molecule has 11 nitrogen and oxygen atoms in total. The zero-order valence-electron chi connectivity index (χ0n) is 24.5. The molecule has 3 aromatic rings. The van der Waals surface area contributed by atoms with Crippen LogP contribution in [0.4, 0.5) is 5.95 Å². The minimum atomic E-state index is -3.37. The Balaban J connectivity index is 1.67. The minimum absolute atomic E-state index is 0.120. The molecule has 224 valence electrons. The van der Waals surface area contributed by atoms with Crippen LogP contribution in [0.15, 0.2) is 45.4 Å². The number of carbonyl (C=O) groups is 2. The number of aromatic nitrogens is 4. The molecule has 0 radical (unpaired) electrons. The molecule has 0 unspecified atom stereocenters. The van der Waals surface area contributed by atoms with Gasteiger partial charge >= 0.3 is 11.9 Å². The van der Waals surface area contributed by atoms with Crippen LogP contribution in [0.2, 0.25) is 0 Å². The molecule has 0 fully saturated rings. The zero-order valence-corrected chi connectivity index (χ0v) is 27.0. The largest absolute Gasteiger partial charge is 0.457 e. The second kappa shape index (κ2) is 13.6. The normalized spacial score (nSPS) is 12.5. The summed E-state index contributed by atoms with van der Waals surface area (Å²) >= 11 is 3.12. The summed E-state index contributed by atoms with van der Waals surface area (Å²) in [6.45, 7) is 10.7. The Hall–Kier alpha value is -2.60. The smallest absolute Gasteiger partial charge is 0.311 e. The van der Waals surface area contributed by atoms with Gasteiger partial charge in [-0.3, -0.25) is 9.59 Å². The number of ether oxygens (including phenoxy) is 3. The second-order valence-corrected chi connectivity index (χ2v) is 16.3.